The highest BCUT2D eigenvalue weighted by Crippen LogP contribution is 2.60. The van der Waals surface area contributed by atoms with Crippen molar-refractivity contribution in [1.82, 2.24) is 0 Å². The molecule has 0 aromatic carbocycles. The van der Waals surface area contributed by atoms with E-state index in [0.717, 1.165) is 6.42 Å². The van der Waals surface area contributed by atoms with Gasteiger partial charge in [0, 0.05) is 0 Å². The Kier molecular flexibility index (Phi) is 1.85. The van der Waals surface area contributed by atoms with Gasteiger partial charge in [0.25, 0.3) is 0 Å². The summed E-state index contributed by atoms with van der Waals surface area (Å²) in [5.74, 6) is -0.549. The van der Waals surface area contributed by atoms with Crippen LogP contribution in [0.15, 0.2) is 0 Å². The summed E-state index contributed by atoms with van der Waals surface area (Å²) < 4.78 is 0. The Bertz CT molecular complexity index is 190. The molecule has 2 aliphatic carbocycles. The fourth-order valence-electron chi connectivity index (χ4n) is 2.68. The van der Waals surface area contributed by atoms with Crippen LogP contribution in [0.3, 0.4) is 0 Å². The van der Waals surface area contributed by atoms with Gasteiger partial charge in [0.2, 0.25) is 0 Å². The molecule has 1 spiro atoms. The number of carbonyl (C=O) groups is 1. The third kappa shape index (κ3) is 1.23. The average molecular weight is 168 g/mol. The molecule has 0 bridgehead atoms. The molecule has 12 heavy (non-hydrogen) atoms. The van der Waals surface area contributed by atoms with E-state index >= 15 is 0 Å². The number of rotatable bonds is 1. The van der Waals surface area contributed by atoms with Crippen LogP contribution in [0.4, 0.5) is 0 Å². The van der Waals surface area contributed by atoms with E-state index in [9.17, 15) is 4.79 Å². The third-order valence-corrected chi connectivity index (χ3v) is 3.59. The summed E-state index contributed by atoms with van der Waals surface area (Å²) in [6, 6.07) is 0. The molecule has 2 rings (SSSR count). The Morgan fingerprint density at radius 1 is 1.17 bits per heavy atom. The van der Waals surface area contributed by atoms with E-state index in [1.165, 1.54) is 38.5 Å². The summed E-state index contributed by atoms with van der Waals surface area (Å²) in [5, 5.41) is 8.86. The molecule has 1 unspecified atom stereocenters. The molecule has 0 amide bonds. The highest BCUT2D eigenvalue weighted by atomic mass is 16.4. The predicted molar refractivity (Wildman–Crippen MR) is 45.9 cm³/mol. The zero-order valence-electron chi connectivity index (χ0n) is 7.38. The second kappa shape index (κ2) is 2.75. The number of carboxylic acid groups (broad SMARTS) is 1. The van der Waals surface area contributed by atoms with E-state index in [1.54, 1.807) is 0 Å². The maximum absolute atomic E-state index is 10.7. The first kappa shape index (κ1) is 8.09. The van der Waals surface area contributed by atoms with Crippen molar-refractivity contribution in [1.29, 1.82) is 0 Å². The lowest BCUT2D eigenvalue weighted by atomic mass is 9.94. The maximum Gasteiger partial charge on any atom is 0.307 e. The Labute approximate surface area is 73.0 Å². The predicted octanol–water partition coefficient (Wildman–Crippen LogP) is 2.43. The molecule has 2 heteroatoms. The second-order valence-corrected chi connectivity index (χ2v) is 4.37. The molecule has 0 saturated heterocycles. The van der Waals surface area contributed by atoms with Gasteiger partial charge in [-0.1, -0.05) is 25.7 Å². The summed E-state index contributed by atoms with van der Waals surface area (Å²) in [4.78, 5) is 10.7. The molecule has 2 saturated carbocycles. The number of carboxylic acids is 1. The standard InChI is InChI=1S/C10H16O2/c11-9(12)8-7-10(8)5-3-1-2-4-6-10/h8H,1-7H2,(H,11,12). The molecule has 68 valence electrons. The van der Waals surface area contributed by atoms with Gasteiger partial charge in [-0.05, 0) is 24.7 Å². The van der Waals surface area contributed by atoms with Crippen LogP contribution in [0.1, 0.15) is 44.9 Å². The van der Waals surface area contributed by atoms with Crippen molar-refractivity contribution in [3.63, 3.8) is 0 Å². The first-order valence-electron chi connectivity index (χ1n) is 4.97. The van der Waals surface area contributed by atoms with Gasteiger partial charge in [-0.15, -0.1) is 0 Å². The van der Waals surface area contributed by atoms with Gasteiger partial charge in [0.05, 0.1) is 5.92 Å². The first-order chi connectivity index (χ1) is 5.75. The van der Waals surface area contributed by atoms with Crippen LogP contribution in [-0.4, -0.2) is 11.1 Å². The van der Waals surface area contributed by atoms with E-state index < -0.39 is 5.97 Å². The summed E-state index contributed by atoms with van der Waals surface area (Å²) >= 11 is 0. The largest absolute Gasteiger partial charge is 0.481 e. The fourth-order valence-corrected chi connectivity index (χ4v) is 2.68. The van der Waals surface area contributed by atoms with Crippen LogP contribution in [0.2, 0.25) is 0 Å². The maximum atomic E-state index is 10.7. The lowest BCUT2D eigenvalue weighted by Gasteiger charge is -2.11. The van der Waals surface area contributed by atoms with Crippen molar-refractivity contribution in [3.8, 4) is 0 Å². The quantitative estimate of drug-likeness (QED) is 0.653. The van der Waals surface area contributed by atoms with E-state index in [1.807, 2.05) is 0 Å². The van der Waals surface area contributed by atoms with Crippen molar-refractivity contribution >= 4 is 5.97 Å². The molecular weight excluding hydrogens is 152 g/mol. The van der Waals surface area contributed by atoms with Gasteiger partial charge >= 0.3 is 5.97 Å². The minimum atomic E-state index is -0.558. The number of hydrogen-bond acceptors (Lipinski definition) is 1. The lowest BCUT2D eigenvalue weighted by molar-refractivity contribution is -0.139. The van der Waals surface area contributed by atoms with Gasteiger partial charge in [-0.25, -0.2) is 0 Å². The summed E-state index contributed by atoms with van der Waals surface area (Å²) in [6.45, 7) is 0. The summed E-state index contributed by atoms with van der Waals surface area (Å²) in [7, 11) is 0. The molecule has 0 heterocycles. The summed E-state index contributed by atoms with van der Waals surface area (Å²) in [6.07, 6.45) is 8.44. The summed E-state index contributed by atoms with van der Waals surface area (Å²) in [5.41, 5.74) is 0.252. The minimum Gasteiger partial charge on any atom is -0.481 e. The molecule has 1 N–H and O–H groups in total. The van der Waals surface area contributed by atoms with Crippen molar-refractivity contribution in [2.45, 2.75) is 44.9 Å². The molecule has 2 fully saturated rings. The Balaban J connectivity index is 1.98. The fraction of sp³-hybridized carbons (Fsp3) is 0.900. The van der Waals surface area contributed by atoms with Crippen LogP contribution in [0.25, 0.3) is 0 Å². The normalized spacial score (nSPS) is 32.8. The van der Waals surface area contributed by atoms with Crippen LogP contribution in [0, 0.1) is 11.3 Å². The van der Waals surface area contributed by atoms with Gasteiger partial charge in [-0.2, -0.15) is 0 Å². The van der Waals surface area contributed by atoms with Gasteiger partial charge in [0.1, 0.15) is 0 Å². The smallest absolute Gasteiger partial charge is 0.307 e. The third-order valence-electron chi connectivity index (χ3n) is 3.59. The van der Waals surface area contributed by atoms with E-state index in [0.29, 0.717) is 0 Å². The topological polar surface area (TPSA) is 37.3 Å². The minimum absolute atomic E-state index is 0.00981. The van der Waals surface area contributed by atoms with Crippen molar-refractivity contribution in [3.05, 3.63) is 0 Å². The van der Waals surface area contributed by atoms with Crippen molar-refractivity contribution in [2.75, 3.05) is 0 Å². The highest BCUT2D eigenvalue weighted by molar-refractivity contribution is 5.74. The molecule has 2 aliphatic rings. The zero-order valence-corrected chi connectivity index (χ0v) is 7.38. The SMILES string of the molecule is O=C(O)C1CC12CCCCCC2. The monoisotopic (exact) mass is 168 g/mol. The highest BCUT2D eigenvalue weighted by Gasteiger charge is 2.57. The number of hydrogen-bond donors (Lipinski definition) is 1. The van der Waals surface area contributed by atoms with Gasteiger partial charge in [0.15, 0.2) is 0 Å². The van der Waals surface area contributed by atoms with Crippen LogP contribution >= 0.6 is 0 Å². The van der Waals surface area contributed by atoms with E-state index in [-0.39, 0.29) is 11.3 Å². The average Bonchev–Trinajstić information content (AvgIpc) is 2.77. The first-order valence-corrected chi connectivity index (χ1v) is 4.97. The molecular formula is C10H16O2. The molecule has 0 aromatic rings. The Hall–Kier alpha value is -0.530. The Morgan fingerprint density at radius 2 is 1.75 bits per heavy atom. The van der Waals surface area contributed by atoms with E-state index in [4.69, 9.17) is 5.11 Å². The molecule has 0 aromatic heterocycles. The Morgan fingerprint density at radius 3 is 2.17 bits per heavy atom. The van der Waals surface area contributed by atoms with Crippen LogP contribution < -0.4 is 0 Å². The second-order valence-electron chi connectivity index (χ2n) is 4.37. The van der Waals surface area contributed by atoms with Crippen molar-refractivity contribution < 1.29 is 9.90 Å². The van der Waals surface area contributed by atoms with Crippen LogP contribution in [0.5, 0.6) is 0 Å². The van der Waals surface area contributed by atoms with Crippen LogP contribution in [-0.2, 0) is 4.79 Å². The van der Waals surface area contributed by atoms with Gasteiger partial charge in [-0.3, -0.25) is 4.79 Å². The zero-order chi connectivity index (χ0) is 8.60. The molecule has 0 aliphatic heterocycles. The van der Waals surface area contributed by atoms with Crippen molar-refractivity contribution in [2.24, 2.45) is 11.3 Å². The molecule has 2 nitrogen and oxygen atoms in total. The lowest BCUT2D eigenvalue weighted by Crippen LogP contribution is -2.09. The molecule has 1 atom stereocenters. The molecule has 0 radical (unpaired) electrons. The van der Waals surface area contributed by atoms with Gasteiger partial charge < -0.3 is 5.11 Å². The van der Waals surface area contributed by atoms with E-state index in [2.05, 4.69) is 0 Å². The number of aliphatic carboxylic acids is 1.